The number of fused-ring (bicyclic) bond motifs is 1. The predicted molar refractivity (Wildman–Crippen MR) is 99.2 cm³/mol. The Morgan fingerprint density at radius 1 is 1.08 bits per heavy atom. The molecule has 0 bridgehead atoms. The van der Waals surface area contributed by atoms with E-state index in [1.165, 1.54) is 0 Å². The van der Waals surface area contributed by atoms with Crippen molar-refractivity contribution < 1.29 is 4.79 Å². The number of anilines is 2. The van der Waals surface area contributed by atoms with Crippen LogP contribution in [0.4, 0.5) is 11.4 Å². The number of carbonyl (C=O) groups is 1. The quantitative estimate of drug-likeness (QED) is 0.944. The Balaban J connectivity index is 1.84. The van der Waals surface area contributed by atoms with Crippen LogP contribution in [0.5, 0.6) is 0 Å². The van der Waals surface area contributed by atoms with Crippen molar-refractivity contribution >= 4 is 17.3 Å². The molecule has 2 N–H and O–H groups in total. The summed E-state index contributed by atoms with van der Waals surface area (Å²) in [6, 6.07) is 17.7. The topological polar surface area (TPSA) is 49.6 Å². The highest BCUT2D eigenvalue weighted by molar-refractivity contribution is 5.97. The summed E-state index contributed by atoms with van der Waals surface area (Å²) < 4.78 is 0. The minimum atomic E-state index is -0.276. The monoisotopic (exact) mass is 323 g/mol. The molecule has 24 heavy (non-hydrogen) atoms. The van der Waals surface area contributed by atoms with Crippen molar-refractivity contribution in [1.82, 2.24) is 0 Å². The van der Waals surface area contributed by atoms with E-state index < -0.39 is 0 Å². The lowest BCUT2D eigenvalue weighted by Gasteiger charge is -2.26. The molecule has 2 atom stereocenters. The van der Waals surface area contributed by atoms with E-state index in [1.807, 2.05) is 53.4 Å². The minimum Gasteiger partial charge on any atom is -0.373 e. The lowest BCUT2D eigenvalue weighted by molar-refractivity contribution is -0.119. The molecule has 3 rings (SSSR count). The largest absolute Gasteiger partial charge is 0.373 e. The van der Waals surface area contributed by atoms with Crippen LogP contribution in [0.2, 0.25) is 0 Å². The van der Waals surface area contributed by atoms with Gasteiger partial charge in [-0.25, -0.2) is 0 Å². The first-order chi connectivity index (χ1) is 11.6. The Hall–Kier alpha value is -2.33. The molecular formula is C20H25N3O. The van der Waals surface area contributed by atoms with Gasteiger partial charge >= 0.3 is 0 Å². The van der Waals surface area contributed by atoms with Crippen molar-refractivity contribution in [3.8, 4) is 0 Å². The summed E-state index contributed by atoms with van der Waals surface area (Å²) in [5.41, 5.74) is 9.35. The summed E-state index contributed by atoms with van der Waals surface area (Å²) in [5.74, 6) is 0.486. The van der Waals surface area contributed by atoms with E-state index in [0.29, 0.717) is 12.3 Å². The number of amides is 1. The smallest absolute Gasteiger partial charge is 0.228 e. The average molecular weight is 323 g/mol. The molecule has 0 saturated carbocycles. The third-order valence-corrected chi connectivity index (χ3v) is 4.59. The summed E-state index contributed by atoms with van der Waals surface area (Å²) in [4.78, 5) is 17.1. The van der Waals surface area contributed by atoms with Crippen LogP contribution in [0.1, 0.15) is 24.9 Å². The van der Waals surface area contributed by atoms with Gasteiger partial charge in [-0.05, 0) is 23.6 Å². The molecule has 2 aromatic rings. The molecular weight excluding hydrogens is 298 g/mol. The zero-order valence-corrected chi connectivity index (χ0v) is 14.4. The minimum absolute atomic E-state index is 0.0842. The molecule has 4 nitrogen and oxygen atoms in total. The van der Waals surface area contributed by atoms with E-state index in [2.05, 4.69) is 24.9 Å². The standard InChI is InChI=1S/C20H25N3O/c1-15-13-22(2)18-10-6-7-11-19(18)23(14-15)20(24)12-17(21)16-8-4-3-5-9-16/h3-11,15,17H,12-14,21H2,1-2H3. The highest BCUT2D eigenvalue weighted by atomic mass is 16.2. The van der Waals surface area contributed by atoms with Gasteiger partial charge in [-0.1, -0.05) is 49.4 Å². The van der Waals surface area contributed by atoms with Gasteiger partial charge in [0.2, 0.25) is 5.91 Å². The molecule has 1 heterocycles. The van der Waals surface area contributed by atoms with Crippen LogP contribution in [0, 0.1) is 5.92 Å². The van der Waals surface area contributed by atoms with Crippen LogP contribution in [0.15, 0.2) is 54.6 Å². The molecule has 0 radical (unpaired) electrons. The van der Waals surface area contributed by atoms with Crippen LogP contribution >= 0.6 is 0 Å². The van der Waals surface area contributed by atoms with Crippen molar-refractivity contribution in [3.63, 3.8) is 0 Å². The lowest BCUT2D eigenvalue weighted by Crippen LogP contribution is -2.36. The molecule has 0 fully saturated rings. The zero-order valence-electron chi connectivity index (χ0n) is 14.4. The second-order valence-electron chi connectivity index (χ2n) is 6.70. The number of nitrogens with zero attached hydrogens (tertiary/aromatic N) is 2. The van der Waals surface area contributed by atoms with Gasteiger partial charge < -0.3 is 15.5 Å². The maximum absolute atomic E-state index is 13.0. The Morgan fingerprint density at radius 3 is 2.42 bits per heavy atom. The van der Waals surface area contributed by atoms with Gasteiger partial charge in [0.15, 0.2) is 0 Å². The fourth-order valence-corrected chi connectivity index (χ4v) is 3.40. The Bertz CT molecular complexity index is 701. The summed E-state index contributed by atoms with van der Waals surface area (Å²) in [5, 5.41) is 0. The Morgan fingerprint density at radius 2 is 1.71 bits per heavy atom. The summed E-state index contributed by atoms with van der Waals surface area (Å²) >= 11 is 0. The molecule has 1 amide bonds. The van der Waals surface area contributed by atoms with E-state index in [1.54, 1.807) is 0 Å². The fraction of sp³-hybridized carbons (Fsp3) is 0.350. The van der Waals surface area contributed by atoms with Crippen molar-refractivity contribution in [2.75, 3.05) is 29.9 Å². The van der Waals surface area contributed by atoms with Gasteiger partial charge in [-0.2, -0.15) is 0 Å². The normalized spacial score (nSPS) is 18.7. The summed E-state index contributed by atoms with van der Waals surface area (Å²) in [7, 11) is 2.08. The second-order valence-corrected chi connectivity index (χ2v) is 6.70. The van der Waals surface area contributed by atoms with Gasteiger partial charge in [-0.3, -0.25) is 4.79 Å². The van der Waals surface area contributed by atoms with Gasteiger partial charge in [0, 0.05) is 32.6 Å². The summed E-state index contributed by atoms with van der Waals surface area (Å²) in [6.07, 6.45) is 0.314. The molecule has 0 aromatic heterocycles. The van der Waals surface area contributed by atoms with Crippen LogP contribution in [-0.4, -0.2) is 26.0 Å². The third-order valence-electron chi connectivity index (χ3n) is 4.59. The van der Waals surface area contributed by atoms with E-state index in [0.717, 1.165) is 30.0 Å². The highest BCUT2D eigenvalue weighted by Crippen LogP contribution is 2.33. The molecule has 0 spiro atoms. The number of benzene rings is 2. The van der Waals surface area contributed by atoms with Crippen molar-refractivity contribution in [3.05, 3.63) is 60.2 Å². The number of rotatable bonds is 3. The lowest BCUT2D eigenvalue weighted by atomic mass is 10.0. The second kappa shape index (κ2) is 7.05. The maximum Gasteiger partial charge on any atom is 0.228 e. The average Bonchev–Trinajstić information content (AvgIpc) is 2.72. The van der Waals surface area contributed by atoms with Gasteiger partial charge in [0.05, 0.1) is 11.4 Å². The predicted octanol–water partition coefficient (Wildman–Crippen LogP) is 3.20. The van der Waals surface area contributed by atoms with Crippen LogP contribution in [0.25, 0.3) is 0 Å². The molecule has 1 aliphatic heterocycles. The first-order valence-electron chi connectivity index (χ1n) is 8.47. The van der Waals surface area contributed by atoms with Gasteiger partial charge in [0.1, 0.15) is 0 Å². The molecule has 126 valence electrons. The maximum atomic E-state index is 13.0. The Labute approximate surface area is 143 Å². The number of hydrogen-bond acceptors (Lipinski definition) is 3. The first-order valence-corrected chi connectivity index (χ1v) is 8.47. The van der Waals surface area contributed by atoms with Gasteiger partial charge in [0.25, 0.3) is 0 Å². The molecule has 0 saturated heterocycles. The van der Waals surface area contributed by atoms with Crippen molar-refractivity contribution in [1.29, 1.82) is 0 Å². The summed E-state index contributed by atoms with van der Waals surface area (Å²) in [6.45, 7) is 3.84. The number of para-hydroxylation sites is 2. The van der Waals surface area contributed by atoms with Crippen molar-refractivity contribution in [2.45, 2.75) is 19.4 Å². The van der Waals surface area contributed by atoms with E-state index in [-0.39, 0.29) is 11.9 Å². The number of nitrogens with two attached hydrogens (primary N) is 1. The number of carbonyl (C=O) groups excluding carboxylic acids is 1. The molecule has 2 aromatic carbocycles. The van der Waals surface area contributed by atoms with E-state index in [4.69, 9.17) is 5.73 Å². The molecule has 2 unspecified atom stereocenters. The molecule has 1 aliphatic rings. The molecule has 0 aliphatic carbocycles. The third kappa shape index (κ3) is 3.44. The SMILES string of the molecule is CC1CN(C)c2ccccc2N(C(=O)CC(N)c2ccccc2)C1. The van der Waals surface area contributed by atoms with Crippen molar-refractivity contribution in [2.24, 2.45) is 11.7 Å². The van der Waals surface area contributed by atoms with Crippen LogP contribution in [0.3, 0.4) is 0 Å². The van der Waals surface area contributed by atoms with E-state index >= 15 is 0 Å². The van der Waals surface area contributed by atoms with Crippen LogP contribution < -0.4 is 15.5 Å². The zero-order chi connectivity index (χ0) is 17.1. The number of hydrogen-bond donors (Lipinski definition) is 1. The van der Waals surface area contributed by atoms with Crippen LogP contribution in [-0.2, 0) is 4.79 Å². The highest BCUT2D eigenvalue weighted by Gasteiger charge is 2.27. The Kier molecular flexibility index (Phi) is 4.86. The first kappa shape index (κ1) is 16.5. The fourth-order valence-electron chi connectivity index (χ4n) is 3.40. The molecule has 4 heteroatoms. The van der Waals surface area contributed by atoms with Gasteiger partial charge in [-0.15, -0.1) is 0 Å². The van der Waals surface area contributed by atoms with E-state index in [9.17, 15) is 4.79 Å².